The molecule has 2 aromatic rings. The maximum absolute atomic E-state index is 13.4. The van der Waals surface area contributed by atoms with Gasteiger partial charge < -0.3 is 15.8 Å². The van der Waals surface area contributed by atoms with Gasteiger partial charge in [-0.25, -0.2) is 4.39 Å². The number of aryl methyl sites for hydroxylation is 1. The summed E-state index contributed by atoms with van der Waals surface area (Å²) < 4.78 is 18.9. The molecule has 0 heterocycles. The Bertz CT molecular complexity index is 671. The van der Waals surface area contributed by atoms with Gasteiger partial charge in [-0.2, -0.15) is 0 Å². The minimum atomic E-state index is -0.614. The molecule has 0 unspecified atom stereocenters. The molecule has 0 saturated heterocycles. The number of para-hydroxylation sites is 1. The molecular weight excluding hydrogens is 271 g/mol. The van der Waals surface area contributed by atoms with Crippen molar-refractivity contribution in [3.8, 4) is 5.75 Å². The number of amides is 1. The quantitative estimate of drug-likeness (QED) is 0.848. The monoisotopic (exact) mass is 288 g/mol. The molecule has 0 aromatic heterocycles. The first-order chi connectivity index (χ1) is 10.0. The van der Waals surface area contributed by atoms with Crippen molar-refractivity contribution in [2.24, 2.45) is 0 Å². The molecule has 0 fully saturated rings. The molecule has 0 saturated carbocycles. The van der Waals surface area contributed by atoms with Gasteiger partial charge in [0.25, 0.3) is 5.91 Å². The number of hydrogen-bond donors (Lipinski definition) is 2. The summed E-state index contributed by atoms with van der Waals surface area (Å²) in [7, 11) is 0. The van der Waals surface area contributed by atoms with E-state index in [0.717, 1.165) is 5.56 Å². The standard InChI is InChI=1S/C16H17FN2O2/c1-3-21-14-9-10(2)7-8-13(14)19-16(20)11-5-4-6-12(17)15(11)18/h4-9H,3,18H2,1-2H3,(H,19,20). The predicted octanol–water partition coefficient (Wildman–Crippen LogP) is 3.37. The summed E-state index contributed by atoms with van der Waals surface area (Å²) in [6, 6.07) is 9.56. The van der Waals surface area contributed by atoms with Gasteiger partial charge in [0.15, 0.2) is 0 Å². The van der Waals surface area contributed by atoms with Crippen molar-refractivity contribution < 1.29 is 13.9 Å². The van der Waals surface area contributed by atoms with Crippen LogP contribution in [0.3, 0.4) is 0 Å². The van der Waals surface area contributed by atoms with Gasteiger partial charge in [0, 0.05) is 0 Å². The van der Waals surface area contributed by atoms with Gasteiger partial charge in [-0.15, -0.1) is 0 Å². The van der Waals surface area contributed by atoms with Gasteiger partial charge in [0.2, 0.25) is 0 Å². The van der Waals surface area contributed by atoms with Crippen molar-refractivity contribution in [1.29, 1.82) is 0 Å². The van der Waals surface area contributed by atoms with Crippen molar-refractivity contribution in [3.05, 3.63) is 53.3 Å². The number of rotatable bonds is 4. The van der Waals surface area contributed by atoms with E-state index >= 15 is 0 Å². The fraction of sp³-hybridized carbons (Fsp3) is 0.188. The third kappa shape index (κ3) is 3.31. The van der Waals surface area contributed by atoms with E-state index in [1.165, 1.54) is 18.2 Å². The summed E-state index contributed by atoms with van der Waals surface area (Å²) in [6.45, 7) is 4.27. The van der Waals surface area contributed by atoms with Gasteiger partial charge in [0.05, 0.1) is 23.5 Å². The SMILES string of the molecule is CCOc1cc(C)ccc1NC(=O)c1cccc(F)c1N. The minimum absolute atomic E-state index is 0.0954. The number of ether oxygens (including phenoxy) is 1. The third-order valence-electron chi connectivity index (χ3n) is 2.98. The second kappa shape index (κ2) is 6.26. The lowest BCUT2D eigenvalue weighted by Crippen LogP contribution is -2.15. The van der Waals surface area contributed by atoms with Crippen molar-refractivity contribution in [2.45, 2.75) is 13.8 Å². The number of nitrogen functional groups attached to an aromatic ring is 1. The Morgan fingerprint density at radius 1 is 1.33 bits per heavy atom. The van der Waals surface area contributed by atoms with Crippen molar-refractivity contribution >= 4 is 17.3 Å². The molecule has 2 rings (SSSR count). The molecule has 0 aliphatic carbocycles. The van der Waals surface area contributed by atoms with Gasteiger partial charge in [0.1, 0.15) is 11.6 Å². The van der Waals surface area contributed by atoms with Crippen LogP contribution in [0.1, 0.15) is 22.8 Å². The molecule has 0 atom stereocenters. The highest BCUT2D eigenvalue weighted by Crippen LogP contribution is 2.27. The van der Waals surface area contributed by atoms with Gasteiger partial charge in [-0.05, 0) is 43.7 Å². The lowest BCUT2D eigenvalue weighted by atomic mass is 10.1. The van der Waals surface area contributed by atoms with E-state index in [-0.39, 0.29) is 11.3 Å². The van der Waals surface area contributed by atoms with E-state index in [1.807, 2.05) is 26.0 Å². The third-order valence-corrected chi connectivity index (χ3v) is 2.98. The Morgan fingerprint density at radius 3 is 2.81 bits per heavy atom. The molecule has 5 heteroatoms. The Balaban J connectivity index is 2.29. The highest BCUT2D eigenvalue weighted by atomic mass is 19.1. The van der Waals surface area contributed by atoms with Crippen LogP contribution >= 0.6 is 0 Å². The normalized spacial score (nSPS) is 10.2. The number of nitrogens with one attached hydrogen (secondary N) is 1. The predicted molar refractivity (Wildman–Crippen MR) is 81.1 cm³/mol. The summed E-state index contributed by atoms with van der Waals surface area (Å²) in [6.07, 6.45) is 0. The van der Waals surface area contributed by atoms with Crippen LogP contribution in [0.5, 0.6) is 5.75 Å². The lowest BCUT2D eigenvalue weighted by molar-refractivity contribution is 0.102. The summed E-state index contributed by atoms with van der Waals surface area (Å²) in [5.41, 5.74) is 7.06. The summed E-state index contributed by atoms with van der Waals surface area (Å²) in [5.74, 6) is -0.519. The fourth-order valence-corrected chi connectivity index (χ4v) is 1.93. The van der Waals surface area contributed by atoms with E-state index in [0.29, 0.717) is 18.0 Å². The van der Waals surface area contributed by atoms with Crippen LogP contribution < -0.4 is 15.8 Å². The van der Waals surface area contributed by atoms with Gasteiger partial charge >= 0.3 is 0 Å². The van der Waals surface area contributed by atoms with E-state index in [9.17, 15) is 9.18 Å². The number of halogens is 1. The maximum atomic E-state index is 13.4. The summed E-state index contributed by atoms with van der Waals surface area (Å²) in [4.78, 5) is 12.2. The Morgan fingerprint density at radius 2 is 2.10 bits per heavy atom. The highest BCUT2D eigenvalue weighted by molar-refractivity contribution is 6.08. The molecule has 0 aliphatic heterocycles. The van der Waals surface area contributed by atoms with Crippen LogP contribution in [-0.4, -0.2) is 12.5 Å². The first-order valence-corrected chi connectivity index (χ1v) is 6.61. The smallest absolute Gasteiger partial charge is 0.257 e. The van der Waals surface area contributed by atoms with E-state index < -0.39 is 11.7 Å². The van der Waals surface area contributed by atoms with Crippen molar-refractivity contribution in [1.82, 2.24) is 0 Å². The second-order valence-corrected chi connectivity index (χ2v) is 4.59. The fourth-order valence-electron chi connectivity index (χ4n) is 1.93. The molecule has 2 aromatic carbocycles. The van der Waals surface area contributed by atoms with Crippen LogP contribution in [0.25, 0.3) is 0 Å². The number of nitrogens with two attached hydrogens (primary N) is 1. The average molecular weight is 288 g/mol. The molecule has 21 heavy (non-hydrogen) atoms. The first-order valence-electron chi connectivity index (χ1n) is 6.61. The van der Waals surface area contributed by atoms with E-state index in [2.05, 4.69) is 5.32 Å². The maximum Gasteiger partial charge on any atom is 0.257 e. The molecule has 0 radical (unpaired) electrons. The Hall–Kier alpha value is -2.56. The molecule has 0 aliphatic rings. The summed E-state index contributed by atoms with van der Waals surface area (Å²) in [5, 5.41) is 2.70. The lowest BCUT2D eigenvalue weighted by Gasteiger charge is -2.13. The van der Waals surface area contributed by atoms with Crippen LogP contribution in [0.2, 0.25) is 0 Å². The van der Waals surface area contributed by atoms with Gasteiger partial charge in [-0.3, -0.25) is 4.79 Å². The van der Waals surface area contributed by atoms with Crippen LogP contribution in [0, 0.1) is 12.7 Å². The van der Waals surface area contributed by atoms with Crippen LogP contribution in [-0.2, 0) is 0 Å². The zero-order valence-corrected chi connectivity index (χ0v) is 11.9. The van der Waals surface area contributed by atoms with Crippen LogP contribution in [0.15, 0.2) is 36.4 Å². The Kier molecular flexibility index (Phi) is 4.42. The highest BCUT2D eigenvalue weighted by Gasteiger charge is 2.14. The molecule has 0 bridgehead atoms. The van der Waals surface area contributed by atoms with E-state index in [1.54, 1.807) is 6.07 Å². The van der Waals surface area contributed by atoms with Crippen molar-refractivity contribution in [2.75, 3.05) is 17.7 Å². The second-order valence-electron chi connectivity index (χ2n) is 4.59. The molecule has 3 N–H and O–H groups in total. The topological polar surface area (TPSA) is 64.3 Å². The summed E-state index contributed by atoms with van der Waals surface area (Å²) >= 11 is 0. The number of hydrogen-bond acceptors (Lipinski definition) is 3. The molecular formula is C16H17FN2O2. The number of carbonyl (C=O) groups excluding carboxylic acids is 1. The number of carbonyl (C=O) groups is 1. The van der Waals surface area contributed by atoms with Gasteiger partial charge in [-0.1, -0.05) is 12.1 Å². The average Bonchev–Trinajstić information content (AvgIpc) is 2.45. The van der Waals surface area contributed by atoms with E-state index in [4.69, 9.17) is 10.5 Å². The number of benzene rings is 2. The Labute approximate surface area is 122 Å². The zero-order chi connectivity index (χ0) is 15.4. The molecule has 4 nitrogen and oxygen atoms in total. The molecule has 1 amide bonds. The molecule has 110 valence electrons. The zero-order valence-electron chi connectivity index (χ0n) is 11.9. The largest absolute Gasteiger partial charge is 0.492 e. The minimum Gasteiger partial charge on any atom is -0.492 e. The first kappa shape index (κ1) is 14.8. The molecule has 0 spiro atoms. The van der Waals surface area contributed by atoms with Crippen LogP contribution in [0.4, 0.5) is 15.8 Å². The van der Waals surface area contributed by atoms with Crippen molar-refractivity contribution in [3.63, 3.8) is 0 Å². The number of anilines is 2.